The van der Waals surface area contributed by atoms with Gasteiger partial charge in [0.25, 0.3) is 0 Å². The Morgan fingerprint density at radius 1 is 1.17 bits per heavy atom. The molecule has 2 rings (SSSR count). The highest BCUT2D eigenvalue weighted by atomic mass is 79.9. The highest BCUT2D eigenvalue weighted by molar-refractivity contribution is 9.10. The Labute approximate surface area is 114 Å². The standard InChI is InChI=1S/C14H14BrFN2/c1-8(2)14-17-12(7-13(15)18-14)11-5-4-10(16)6-9(11)3/h4-8H,1-3H3. The van der Waals surface area contributed by atoms with E-state index in [1.165, 1.54) is 12.1 Å². The molecule has 0 bridgehead atoms. The topological polar surface area (TPSA) is 25.8 Å². The zero-order valence-corrected chi connectivity index (χ0v) is 12.1. The van der Waals surface area contributed by atoms with E-state index >= 15 is 0 Å². The van der Waals surface area contributed by atoms with Gasteiger partial charge in [0.05, 0.1) is 5.69 Å². The Hall–Kier alpha value is -1.29. The molecule has 0 radical (unpaired) electrons. The first-order valence-electron chi connectivity index (χ1n) is 5.78. The number of rotatable bonds is 2. The van der Waals surface area contributed by atoms with Gasteiger partial charge in [-0.05, 0) is 52.7 Å². The third-order valence-corrected chi connectivity index (χ3v) is 3.10. The average Bonchev–Trinajstić information content (AvgIpc) is 2.27. The fraction of sp³-hybridized carbons (Fsp3) is 0.286. The fourth-order valence-electron chi connectivity index (χ4n) is 1.75. The van der Waals surface area contributed by atoms with E-state index in [9.17, 15) is 4.39 Å². The summed E-state index contributed by atoms with van der Waals surface area (Å²) in [4.78, 5) is 8.87. The minimum Gasteiger partial charge on any atom is -0.233 e. The number of benzene rings is 1. The van der Waals surface area contributed by atoms with Gasteiger partial charge in [0.1, 0.15) is 16.2 Å². The van der Waals surface area contributed by atoms with E-state index in [1.54, 1.807) is 6.07 Å². The Morgan fingerprint density at radius 3 is 2.50 bits per heavy atom. The molecule has 0 unspecified atom stereocenters. The van der Waals surface area contributed by atoms with Crippen LogP contribution >= 0.6 is 15.9 Å². The summed E-state index contributed by atoms with van der Waals surface area (Å²) < 4.78 is 13.9. The van der Waals surface area contributed by atoms with Gasteiger partial charge in [-0.1, -0.05) is 13.8 Å². The molecule has 4 heteroatoms. The molecule has 2 aromatic rings. The lowest BCUT2D eigenvalue weighted by atomic mass is 10.1. The SMILES string of the molecule is Cc1cc(F)ccc1-c1cc(Br)nc(C(C)C)n1. The first-order chi connectivity index (χ1) is 8.47. The van der Waals surface area contributed by atoms with Crippen LogP contribution in [0.4, 0.5) is 4.39 Å². The third-order valence-electron chi connectivity index (χ3n) is 2.69. The first-order valence-corrected chi connectivity index (χ1v) is 6.57. The van der Waals surface area contributed by atoms with Crippen LogP contribution in [-0.2, 0) is 0 Å². The summed E-state index contributed by atoms with van der Waals surface area (Å²) in [5, 5.41) is 0. The van der Waals surface area contributed by atoms with Gasteiger partial charge >= 0.3 is 0 Å². The second-order valence-electron chi connectivity index (χ2n) is 4.55. The number of aromatic nitrogens is 2. The van der Waals surface area contributed by atoms with Crippen LogP contribution in [0.2, 0.25) is 0 Å². The molecule has 18 heavy (non-hydrogen) atoms. The Balaban J connectivity index is 2.56. The van der Waals surface area contributed by atoms with E-state index < -0.39 is 0 Å². The second kappa shape index (κ2) is 5.14. The van der Waals surface area contributed by atoms with Gasteiger partial charge in [-0.25, -0.2) is 14.4 Å². The zero-order valence-electron chi connectivity index (χ0n) is 10.5. The summed E-state index contributed by atoms with van der Waals surface area (Å²) >= 11 is 3.39. The van der Waals surface area contributed by atoms with Crippen molar-refractivity contribution in [1.82, 2.24) is 9.97 Å². The summed E-state index contributed by atoms with van der Waals surface area (Å²) in [7, 11) is 0. The van der Waals surface area contributed by atoms with E-state index in [0.29, 0.717) is 0 Å². The molecule has 0 spiro atoms. The highest BCUT2D eigenvalue weighted by Crippen LogP contribution is 2.25. The van der Waals surface area contributed by atoms with Crippen LogP contribution in [0, 0.1) is 12.7 Å². The molecule has 1 aromatic heterocycles. The van der Waals surface area contributed by atoms with Crippen LogP contribution in [0.15, 0.2) is 28.9 Å². The van der Waals surface area contributed by atoms with Crippen LogP contribution in [-0.4, -0.2) is 9.97 Å². The summed E-state index contributed by atoms with van der Waals surface area (Å²) in [6.07, 6.45) is 0. The molecule has 0 atom stereocenters. The van der Waals surface area contributed by atoms with Gasteiger partial charge in [-0.15, -0.1) is 0 Å². The molecule has 0 N–H and O–H groups in total. The van der Waals surface area contributed by atoms with Crippen molar-refractivity contribution in [3.63, 3.8) is 0 Å². The van der Waals surface area contributed by atoms with Crippen molar-refractivity contribution in [1.29, 1.82) is 0 Å². The Kier molecular flexibility index (Phi) is 3.76. The third kappa shape index (κ3) is 2.75. The Bertz CT molecular complexity index is 582. The van der Waals surface area contributed by atoms with Gasteiger partial charge in [0.15, 0.2) is 0 Å². The molecule has 0 saturated heterocycles. The van der Waals surface area contributed by atoms with Gasteiger partial charge in [0, 0.05) is 11.5 Å². The fourth-order valence-corrected chi connectivity index (χ4v) is 2.14. The number of hydrogen-bond acceptors (Lipinski definition) is 2. The minimum atomic E-state index is -0.228. The number of nitrogens with zero attached hydrogens (tertiary/aromatic N) is 2. The molecule has 94 valence electrons. The Morgan fingerprint density at radius 2 is 1.89 bits per heavy atom. The zero-order chi connectivity index (χ0) is 13.3. The quantitative estimate of drug-likeness (QED) is 0.765. The van der Waals surface area contributed by atoms with Crippen molar-refractivity contribution in [2.45, 2.75) is 26.7 Å². The number of halogens is 2. The molecular weight excluding hydrogens is 295 g/mol. The maximum absolute atomic E-state index is 13.1. The van der Waals surface area contributed by atoms with E-state index in [2.05, 4.69) is 25.9 Å². The highest BCUT2D eigenvalue weighted by Gasteiger charge is 2.10. The molecular formula is C14H14BrFN2. The van der Waals surface area contributed by atoms with Gasteiger partial charge in [-0.2, -0.15) is 0 Å². The smallest absolute Gasteiger partial charge is 0.132 e. The van der Waals surface area contributed by atoms with E-state index in [0.717, 1.165) is 27.2 Å². The van der Waals surface area contributed by atoms with Gasteiger partial charge < -0.3 is 0 Å². The molecule has 0 amide bonds. The van der Waals surface area contributed by atoms with Crippen molar-refractivity contribution in [2.75, 3.05) is 0 Å². The monoisotopic (exact) mass is 308 g/mol. The van der Waals surface area contributed by atoms with E-state index in [4.69, 9.17) is 0 Å². The average molecular weight is 309 g/mol. The number of hydrogen-bond donors (Lipinski definition) is 0. The first kappa shape index (κ1) is 13.1. The van der Waals surface area contributed by atoms with Crippen LogP contribution in [0.3, 0.4) is 0 Å². The van der Waals surface area contributed by atoms with Crippen molar-refractivity contribution >= 4 is 15.9 Å². The summed E-state index contributed by atoms with van der Waals surface area (Å²) in [6, 6.07) is 6.57. The predicted octanol–water partition coefficient (Wildman–Crippen LogP) is 4.48. The second-order valence-corrected chi connectivity index (χ2v) is 5.36. The van der Waals surface area contributed by atoms with Crippen molar-refractivity contribution in [2.24, 2.45) is 0 Å². The molecule has 1 aromatic carbocycles. The van der Waals surface area contributed by atoms with Crippen LogP contribution in [0.1, 0.15) is 31.2 Å². The molecule has 0 aliphatic rings. The van der Waals surface area contributed by atoms with E-state index in [1.807, 2.05) is 26.8 Å². The molecule has 0 saturated carbocycles. The molecule has 1 heterocycles. The maximum atomic E-state index is 13.1. The van der Waals surface area contributed by atoms with Crippen LogP contribution in [0.5, 0.6) is 0 Å². The van der Waals surface area contributed by atoms with Crippen molar-refractivity contribution in [3.05, 3.63) is 46.1 Å². The summed E-state index contributed by atoms with van der Waals surface area (Å²) in [6.45, 7) is 5.97. The van der Waals surface area contributed by atoms with Gasteiger partial charge in [-0.3, -0.25) is 0 Å². The maximum Gasteiger partial charge on any atom is 0.132 e. The summed E-state index contributed by atoms with van der Waals surface area (Å²) in [5.41, 5.74) is 2.62. The summed E-state index contributed by atoms with van der Waals surface area (Å²) in [5.74, 6) is 0.804. The molecule has 2 nitrogen and oxygen atoms in total. The molecule has 0 aliphatic heterocycles. The lowest BCUT2D eigenvalue weighted by Gasteiger charge is -2.09. The lowest BCUT2D eigenvalue weighted by molar-refractivity contribution is 0.627. The van der Waals surface area contributed by atoms with E-state index in [-0.39, 0.29) is 11.7 Å². The number of aryl methyl sites for hydroxylation is 1. The van der Waals surface area contributed by atoms with Crippen LogP contribution < -0.4 is 0 Å². The molecule has 0 aliphatic carbocycles. The normalized spacial score (nSPS) is 11.0. The lowest BCUT2D eigenvalue weighted by Crippen LogP contribution is -2.00. The van der Waals surface area contributed by atoms with Crippen molar-refractivity contribution < 1.29 is 4.39 Å². The van der Waals surface area contributed by atoms with Crippen molar-refractivity contribution in [3.8, 4) is 11.3 Å². The molecule has 0 fully saturated rings. The van der Waals surface area contributed by atoms with Gasteiger partial charge in [0.2, 0.25) is 0 Å². The predicted molar refractivity (Wildman–Crippen MR) is 74.0 cm³/mol. The largest absolute Gasteiger partial charge is 0.233 e. The van der Waals surface area contributed by atoms with Crippen LogP contribution in [0.25, 0.3) is 11.3 Å². The minimum absolute atomic E-state index is 0.228.